The number of benzene rings is 1. The third-order valence-corrected chi connectivity index (χ3v) is 4.04. The summed E-state index contributed by atoms with van der Waals surface area (Å²) in [7, 11) is -3.14. The van der Waals surface area contributed by atoms with Gasteiger partial charge in [0.25, 0.3) is 0 Å². The number of hydrogen-bond donors (Lipinski definition) is 4. The maximum absolute atomic E-state index is 11.0. The second kappa shape index (κ2) is 13.3. The van der Waals surface area contributed by atoms with Gasteiger partial charge in [0.2, 0.25) is 10.0 Å². The Labute approximate surface area is 167 Å². The molecule has 0 saturated carbocycles. The van der Waals surface area contributed by atoms with Gasteiger partial charge in [-0.1, -0.05) is 30.3 Å². The van der Waals surface area contributed by atoms with Crippen LogP contribution in [0.15, 0.2) is 35.3 Å². The predicted molar refractivity (Wildman–Crippen MR) is 113 cm³/mol. The quantitative estimate of drug-likeness (QED) is 0.171. The third-order valence-electron chi connectivity index (χ3n) is 3.32. The van der Waals surface area contributed by atoms with Crippen LogP contribution in [-0.2, 0) is 10.0 Å². The van der Waals surface area contributed by atoms with E-state index in [0.29, 0.717) is 32.0 Å². The standard InChI is InChI=1S/C16H28N4O3S.HI/c1-3-17-16(18-10-7-11-20-24(2,22)23)19-12-15(13-21)14-8-5-4-6-9-14;/h4-6,8-9,15,20-21H,3,7,10-13H2,1-2H3,(H2,17,18,19);1H. The Morgan fingerprint density at radius 2 is 1.88 bits per heavy atom. The maximum atomic E-state index is 11.0. The molecule has 0 aliphatic heterocycles. The van der Waals surface area contributed by atoms with Gasteiger partial charge in [-0.3, -0.25) is 4.99 Å². The van der Waals surface area contributed by atoms with Crippen LogP contribution in [0.3, 0.4) is 0 Å². The second-order valence-electron chi connectivity index (χ2n) is 5.46. The van der Waals surface area contributed by atoms with Crippen molar-refractivity contribution in [2.45, 2.75) is 19.3 Å². The van der Waals surface area contributed by atoms with Crippen molar-refractivity contribution in [2.24, 2.45) is 4.99 Å². The Bertz CT molecular complexity index is 597. The summed E-state index contributed by atoms with van der Waals surface area (Å²) in [5.41, 5.74) is 1.05. The number of halogens is 1. The van der Waals surface area contributed by atoms with E-state index in [1.807, 2.05) is 37.3 Å². The van der Waals surface area contributed by atoms with Crippen molar-refractivity contribution in [3.63, 3.8) is 0 Å². The normalized spacial score (nSPS) is 13.0. The predicted octanol–water partition coefficient (Wildman–Crippen LogP) is 0.875. The molecular weight excluding hydrogens is 455 g/mol. The minimum Gasteiger partial charge on any atom is -0.396 e. The van der Waals surface area contributed by atoms with Gasteiger partial charge in [-0.25, -0.2) is 13.1 Å². The van der Waals surface area contributed by atoms with E-state index in [4.69, 9.17) is 0 Å². The van der Waals surface area contributed by atoms with E-state index >= 15 is 0 Å². The zero-order valence-electron chi connectivity index (χ0n) is 14.7. The highest BCUT2D eigenvalue weighted by Gasteiger charge is 2.09. The molecule has 0 saturated heterocycles. The molecule has 0 bridgehead atoms. The van der Waals surface area contributed by atoms with E-state index in [-0.39, 0.29) is 36.5 Å². The number of aliphatic imine (C=N–C) groups is 1. The number of nitrogens with one attached hydrogen (secondary N) is 3. The third kappa shape index (κ3) is 11.3. The Morgan fingerprint density at radius 1 is 1.20 bits per heavy atom. The molecule has 0 aliphatic rings. The average Bonchev–Trinajstić information content (AvgIpc) is 2.55. The molecule has 0 fully saturated rings. The van der Waals surface area contributed by atoms with Gasteiger partial charge in [0.1, 0.15) is 0 Å². The lowest BCUT2D eigenvalue weighted by atomic mass is 10.0. The Hall–Kier alpha value is -0.910. The maximum Gasteiger partial charge on any atom is 0.208 e. The Kier molecular flexibility index (Phi) is 12.8. The summed E-state index contributed by atoms with van der Waals surface area (Å²) < 4.78 is 24.4. The molecule has 0 radical (unpaired) electrons. The number of aliphatic hydroxyl groups is 1. The number of rotatable bonds is 10. The minimum absolute atomic E-state index is 0. The van der Waals surface area contributed by atoms with Gasteiger partial charge in [0.15, 0.2) is 5.96 Å². The molecule has 9 heteroatoms. The summed E-state index contributed by atoms with van der Waals surface area (Å²) in [5, 5.41) is 15.9. The molecule has 0 aliphatic carbocycles. The van der Waals surface area contributed by atoms with Crippen LogP contribution in [0.2, 0.25) is 0 Å². The highest BCUT2D eigenvalue weighted by atomic mass is 127. The van der Waals surface area contributed by atoms with Crippen LogP contribution in [0, 0.1) is 0 Å². The monoisotopic (exact) mass is 484 g/mol. The topological polar surface area (TPSA) is 103 Å². The number of aliphatic hydroxyl groups excluding tert-OH is 1. The molecule has 0 spiro atoms. The van der Waals surface area contributed by atoms with Crippen LogP contribution in [0.4, 0.5) is 0 Å². The number of sulfonamides is 1. The first kappa shape index (κ1) is 24.1. The fraction of sp³-hybridized carbons (Fsp3) is 0.562. The molecule has 4 N–H and O–H groups in total. The van der Waals surface area contributed by atoms with Gasteiger partial charge in [-0.05, 0) is 18.9 Å². The lowest BCUT2D eigenvalue weighted by Crippen LogP contribution is -2.39. The molecule has 1 atom stereocenters. The largest absolute Gasteiger partial charge is 0.396 e. The summed E-state index contributed by atoms with van der Waals surface area (Å²) >= 11 is 0. The van der Waals surface area contributed by atoms with Crippen molar-refractivity contribution in [3.05, 3.63) is 35.9 Å². The van der Waals surface area contributed by atoms with Gasteiger partial charge in [0, 0.05) is 25.6 Å². The van der Waals surface area contributed by atoms with Crippen molar-refractivity contribution in [1.29, 1.82) is 0 Å². The van der Waals surface area contributed by atoms with Gasteiger partial charge in [-0.2, -0.15) is 0 Å². The number of guanidine groups is 1. The minimum atomic E-state index is -3.14. The van der Waals surface area contributed by atoms with Crippen LogP contribution in [0.25, 0.3) is 0 Å². The van der Waals surface area contributed by atoms with Crippen LogP contribution >= 0.6 is 24.0 Å². The molecule has 144 valence electrons. The van der Waals surface area contributed by atoms with Gasteiger partial charge in [-0.15, -0.1) is 24.0 Å². The highest BCUT2D eigenvalue weighted by Crippen LogP contribution is 2.14. The smallest absolute Gasteiger partial charge is 0.208 e. The lowest BCUT2D eigenvalue weighted by Gasteiger charge is -2.15. The summed E-state index contributed by atoms with van der Waals surface area (Å²) in [6, 6.07) is 9.79. The zero-order valence-corrected chi connectivity index (χ0v) is 17.9. The molecular formula is C16H29IN4O3S. The van der Waals surface area contributed by atoms with Crippen molar-refractivity contribution >= 4 is 40.0 Å². The SMILES string of the molecule is CCNC(=NCC(CO)c1ccccc1)NCCCNS(C)(=O)=O.I. The lowest BCUT2D eigenvalue weighted by molar-refractivity contribution is 0.268. The highest BCUT2D eigenvalue weighted by molar-refractivity contribution is 14.0. The van der Waals surface area contributed by atoms with Crippen LogP contribution in [0.1, 0.15) is 24.8 Å². The summed E-state index contributed by atoms with van der Waals surface area (Å²) in [6.45, 7) is 4.19. The average molecular weight is 484 g/mol. The van der Waals surface area contributed by atoms with Crippen LogP contribution in [-0.4, -0.2) is 58.5 Å². The van der Waals surface area contributed by atoms with Gasteiger partial charge >= 0.3 is 0 Å². The Balaban J connectivity index is 0.00000576. The van der Waals surface area contributed by atoms with Crippen LogP contribution in [0.5, 0.6) is 0 Å². The molecule has 0 heterocycles. The molecule has 1 aromatic rings. The molecule has 25 heavy (non-hydrogen) atoms. The van der Waals surface area contributed by atoms with Crippen molar-refractivity contribution in [2.75, 3.05) is 39.0 Å². The molecule has 1 aromatic carbocycles. The summed E-state index contributed by atoms with van der Waals surface area (Å²) in [5.74, 6) is 0.611. The van der Waals surface area contributed by atoms with E-state index in [0.717, 1.165) is 18.4 Å². The second-order valence-corrected chi connectivity index (χ2v) is 7.29. The molecule has 0 amide bonds. The molecule has 7 nitrogen and oxygen atoms in total. The van der Waals surface area contributed by atoms with E-state index in [2.05, 4.69) is 20.3 Å². The van der Waals surface area contributed by atoms with Gasteiger partial charge in [0.05, 0.1) is 19.4 Å². The Morgan fingerprint density at radius 3 is 2.44 bits per heavy atom. The van der Waals surface area contributed by atoms with E-state index in [1.54, 1.807) is 0 Å². The van der Waals surface area contributed by atoms with E-state index in [1.165, 1.54) is 0 Å². The molecule has 1 unspecified atom stereocenters. The zero-order chi connectivity index (χ0) is 17.8. The van der Waals surface area contributed by atoms with Crippen molar-refractivity contribution < 1.29 is 13.5 Å². The van der Waals surface area contributed by atoms with Crippen molar-refractivity contribution in [3.8, 4) is 0 Å². The first-order chi connectivity index (χ1) is 11.5. The van der Waals surface area contributed by atoms with Crippen LogP contribution < -0.4 is 15.4 Å². The summed E-state index contributed by atoms with van der Waals surface area (Å²) in [6.07, 6.45) is 1.80. The molecule has 0 aromatic heterocycles. The fourth-order valence-corrected chi connectivity index (χ4v) is 2.60. The summed E-state index contributed by atoms with van der Waals surface area (Å²) in [4.78, 5) is 4.50. The van der Waals surface area contributed by atoms with Gasteiger partial charge < -0.3 is 15.7 Å². The first-order valence-corrected chi connectivity index (χ1v) is 9.98. The van der Waals surface area contributed by atoms with E-state index in [9.17, 15) is 13.5 Å². The fourth-order valence-electron chi connectivity index (χ4n) is 2.09. The van der Waals surface area contributed by atoms with E-state index < -0.39 is 10.0 Å². The molecule has 1 rings (SSSR count). The number of nitrogens with zero attached hydrogens (tertiary/aromatic N) is 1. The first-order valence-electron chi connectivity index (χ1n) is 8.09. The number of hydrogen-bond acceptors (Lipinski definition) is 4. The van der Waals surface area contributed by atoms with Crippen molar-refractivity contribution in [1.82, 2.24) is 15.4 Å².